The van der Waals surface area contributed by atoms with Crippen LogP contribution in [0.3, 0.4) is 0 Å². The van der Waals surface area contributed by atoms with Crippen LogP contribution in [0.15, 0.2) is 42.5 Å². The number of amides is 1. The van der Waals surface area contributed by atoms with Crippen molar-refractivity contribution in [2.24, 2.45) is 22.5 Å². The molecule has 2 aliphatic rings. The lowest BCUT2D eigenvalue weighted by Gasteiger charge is -2.56. The van der Waals surface area contributed by atoms with Crippen molar-refractivity contribution in [2.45, 2.75) is 112 Å². The van der Waals surface area contributed by atoms with Gasteiger partial charge in [0.05, 0.1) is 17.2 Å². The summed E-state index contributed by atoms with van der Waals surface area (Å²) in [4.78, 5) is 13.7. The number of unbranched alkanes of at least 4 members (excludes halogenated alkanes) is 3. The molecule has 2 atom stereocenters. The Morgan fingerprint density at radius 2 is 1.51 bits per heavy atom. The van der Waals surface area contributed by atoms with E-state index in [0.717, 1.165) is 31.5 Å². The fraction of sp³-hybridized carbons (Fsp3) is 0.622. The molecule has 0 aromatic heterocycles. The number of nitrogens with zero attached hydrogens (tertiary/aromatic N) is 2. The number of carbonyl (C=O) groups excluding carboxylic acids is 1. The maximum atomic E-state index is 12.3. The van der Waals surface area contributed by atoms with Crippen LogP contribution < -0.4 is 11.1 Å². The second kappa shape index (κ2) is 16.6. The van der Waals surface area contributed by atoms with E-state index in [4.69, 9.17) is 11.0 Å². The van der Waals surface area contributed by atoms with E-state index in [-0.39, 0.29) is 11.5 Å². The Morgan fingerprint density at radius 3 is 1.96 bits per heavy atom. The summed E-state index contributed by atoms with van der Waals surface area (Å²) in [6.07, 6.45) is 3.09. The first-order chi connectivity index (χ1) is 20.9. The molecule has 5 nitrogen and oxygen atoms in total. The molecule has 8 heteroatoms. The fourth-order valence-electron chi connectivity index (χ4n) is 6.82. The van der Waals surface area contributed by atoms with Crippen LogP contribution in [0.2, 0.25) is 0 Å². The normalized spacial score (nSPS) is 20.8. The van der Waals surface area contributed by atoms with Crippen LogP contribution in [-0.2, 0) is 12.6 Å². The van der Waals surface area contributed by atoms with Gasteiger partial charge in [-0.3, -0.25) is 9.69 Å². The third kappa shape index (κ3) is 11.8. The third-order valence-corrected chi connectivity index (χ3v) is 9.74. The molecule has 0 spiro atoms. The van der Waals surface area contributed by atoms with Gasteiger partial charge < -0.3 is 11.1 Å². The lowest BCUT2D eigenvalue weighted by molar-refractivity contribution is -0.137. The molecule has 45 heavy (non-hydrogen) atoms. The lowest BCUT2D eigenvalue weighted by atomic mass is 9.49. The molecule has 1 aliphatic carbocycles. The van der Waals surface area contributed by atoms with Gasteiger partial charge in [-0.1, -0.05) is 71.2 Å². The van der Waals surface area contributed by atoms with Gasteiger partial charge in [0.1, 0.15) is 0 Å². The van der Waals surface area contributed by atoms with Crippen LogP contribution in [0.4, 0.5) is 13.2 Å². The highest BCUT2D eigenvalue weighted by Crippen LogP contribution is 2.58. The van der Waals surface area contributed by atoms with E-state index in [1.165, 1.54) is 62.4 Å². The zero-order valence-corrected chi connectivity index (χ0v) is 28.7. The van der Waals surface area contributed by atoms with Crippen molar-refractivity contribution >= 4 is 5.91 Å². The fourth-order valence-corrected chi connectivity index (χ4v) is 6.82. The largest absolute Gasteiger partial charge is 0.417 e. The van der Waals surface area contributed by atoms with Gasteiger partial charge in [0.25, 0.3) is 0 Å². The second-order valence-electron chi connectivity index (χ2n) is 14.4. The van der Waals surface area contributed by atoms with E-state index in [1.807, 2.05) is 24.3 Å². The molecular weight excluding hydrogens is 573 g/mol. The molecule has 0 bridgehead atoms. The number of nitrogens with two attached hydrogens (primary N) is 1. The number of primary amides is 1. The number of halogens is 3. The number of piperazine rings is 1. The van der Waals surface area contributed by atoms with Crippen LogP contribution in [0.25, 0.3) is 0 Å². The number of hydrogen-bond donors (Lipinski definition) is 2. The average molecular weight is 629 g/mol. The van der Waals surface area contributed by atoms with Gasteiger partial charge in [-0.25, -0.2) is 0 Å². The summed E-state index contributed by atoms with van der Waals surface area (Å²) >= 11 is 0. The van der Waals surface area contributed by atoms with Crippen molar-refractivity contribution in [3.8, 4) is 6.07 Å². The van der Waals surface area contributed by atoms with E-state index >= 15 is 0 Å². The number of nitrogens with one attached hydrogen (secondary N) is 1. The van der Waals surface area contributed by atoms with Crippen LogP contribution in [0, 0.1) is 35.0 Å². The van der Waals surface area contributed by atoms with Crippen molar-refractivity contribution in [3.63, 3.8) is 0 Å². The first-order valence-corrected chi connectivity index (χ1v) is 16.3. The van der Waals surface area contributed by atoms with Gasteiger partial charge in [-0.2, -0.15) is 18.4 Å². The molecule has 2 fully saturated rings. The number of benzene rings is 2. The Labute approximate surface area is 269 Å². The van der Waals surface area contributed by atoms with Crippen molar-refractivity contribution in [2.75, 3.05) is 19.6 Å². The van der Waals surface area contributed by atoms with Crippen molar-refractivity contribution < 1.29 is 18.0 Å². The summed E-state index contributed by atoms with van der Waals surface area (Å²) in [7, 11) is 0. The summed E-state index contributed by atoms with van der Waals surface area (Å²) in [5.41, 5.74) is 7.66. The van der Waals surface area contributed by atoms with E-state index in [9.17, 15) is 18.0 Å². The van der Waals surface area contributed by atoms with Gasteiger partial charge in [-0.05, 0) is 99.6 Å². The molecule has 4 rings (SSSR count). The number of rotatable bonds is 8. The topological polar surface area (TPSA) is 82.2 Å². The van der Waals surface area contributed by atoms with Crippen molar-refractivity contribution in [1.29, 1.82) is 5.26 Å². The number of alkyl halides is 3. The number of nitriles is 1. The Bertz CT molecular complexity index is 1240. The SMILES string of the molecule is CC1C(C)(C)CC1(C)C.CC1CNCC(C)N1CCCCCCc1ccc(C(N)=O)cc1.Cc1ccc(C#N)c(C(F)(F)F)c1. The highest BCUT2D eigenvalue weighted by Gasteiger charge is 2.49. The van der Waals surface area contributed by atoms with Crippen LogP contribution in [-0.4, -0.2) is 42.5 Å². The van der Waals surface area contributed by atoms with E-state index in [2.05, 4.69) is 58.7 Å². The van der Waals surface area contributed by atoms with Crippen molar-refractivity contribution in [3.05, 3.63) is 70.3 Å². The smallest absolute Gasteiger partial charge is 0.366 e. The van der Waals surface area contributed by atoms with Gasteiger partial charge in [0, 0.05) is 30.7 Å². The molecule has 2 aromatic rings. The summed E-state index contributed by atoms with van der Waals surface area (Å²) in [5.74, 6) is 0.540. The van der Waals surface area contributed by atoms with Crippen LogP contribution >= 0.6 is 0 Å². The minimum absolute atomic E-state index is 0.335. The zero-order valence-electron chi connectivity index (χ0n) is 28.7. The van der Waals surface area contributed by atoms with Gasteiger partial charge in [-0.15, -0.1) is 0 Å². The predicted molar refractivity (Wildman–Crippen MR) is 178 cm³/mol. The number of carbonyl (C=O) groups is 1. The molecule has 250 valence electrons. The number of aryl methyl sites for hydroxylation is 2. The maximum Gasteiger partial charge on any atom is 0.417 e. The quantitative estimate of drug-likeness (QED) is 0.287. The Hall–Kier alpha value is -2.89. The third-order valence-electron chi connectivity index (χ3n) is 9.74. The minimum atomic E-state index is -4.45. The first-order valence-electron chi connectivity index (χ1n) is 16.3. The highest BCUT2D eigenvalue weighted by atomic mass is 19.4. The summed E-state index contributed by atoms with van der Waals surface area (Å²) in [6.45, 7) is 21.5. The molecule has 2 aromatic carbocycles. The summed E-state index contributed by atoms with van der Waals surface area (Å²) < 4.78 is 36.8. The highest BCUT2D eigenvalue weighted by molar-refractivity contribution is 5.92. The molecule has 1 heterocycles. The molecule has 3 N–H and O–H groups in total. The monoisotopic (exact) mass is 628 g/mol. The molecule has 1 amide bonds. The standard InChI is InChI=1S/C19H31N3O.C9H6F3N.C9H18/c1-15-13-21-14-16(2)22(15)12-6-4-3-5-7-17-8-10-18(11-9-17)19(20)23;1-6-2-3-7(5-13)8(4-6)9(10,11)12;1-7-8(2,3)6-9(7,4)5/h8-11,15-16,21H,3-7,12-14H2,1-2H3,(H2,20,23);2-4H,1H3;7H,6H2,1-5H3. The Morgan fingerprint density at radius 1 is 0.956 bits per heavy atom. The maximum absolute atomic E-state index is 12.3. The minimum Gasteiger partial charge on any atom is -0.366 e. The Kier molecular flexibility index (Phi) is 14.1. The Balaban J connectivity index is 0.000000268. The zero-order chi connectivity index (χ0) is 34.0. The van der Waals surface area contributed by atoms with E-state index in [1.54, 1.807) is 6.92 Å². The van der Waals surface area contributed by atoms with E-state index in [0.29, 0.717) is 34.0 Å². The van der Waals surface area contributed by atoms with Gasteiger partial charge in [0.2, 0.25) is 5.91 Å². The first kappa shape index (κ1) is 38.3. The molecule has 1 saturated heterocycles. The average Bonchev–Trinajstić information content (AvgIpc) is 2.96. The van der Waals surface area contributed by atoms with Crippen molar-refractivity contribution in [1.82, 2.24) is 10.2 Å². The molecular formula is C37H55F3N4O. The lowest BCUT2D eigenvalue weighted by Crippen LogP contribution is -2.55. The van der Waals surface area contributed by atoms with Gasteiger partial charge >= 0.3 is 6.18 Å². The summed E-state index contributed by atoms with van der Waals surface area (Å²) in [5, 5.41) is 11.9. The number of hydrogen-bond acceptors (Lipinski definition) is 4. The summed E-state index contributed by atoms with van der Waals surface area (Å²) in [6, 6.07) is 14.1. The molecule has 1 aliphatic heterocycles. The molecule has 1 saturated carbocycles. The van der Waals surface area contributed by atoms with Crippen LogP contribution in [0.5, 0.6) is 0 Å². The van der Waals surface area contributed by atoms with Crippen LogP contribution in [0.1, 0.15) is 113 Å². The van der Waals surface area contributed by atoms with E-state index < -0.39 is 11.7 Å². The second-order valence-corrected chi connectivity index (χ2v) is 14.4. The molecule has 0 radical (unpaired) electrons. The molecule has 2 unspecified atom stereocenters. The van der Waals surface area contributed by atoms with Gasteiger partial charge in [0.15, 0.2) is 0 Å². The predicted octanol–water partition coefficient (Wildman–Crippen LogP) is 8.53.